The summed E-state index contributed by atoms with van der Waals surface area (Å²) >= 11 is 0. The molecular weight excluding hydrogens is 439 g/mol. The molecule has 0 bridgehead atoms. The summed E-state index contributed by atoms with van der Waals surface area (Å²) in [7, 11) is -2.02. The van der Waals surface area contributed by atoms with E-state index in [4.69, 9.17) is 0 Å². The van der Waals surface area contributed by atoms with Crippen molar-refractivity contribution in [1.29, 1.82) is 0 Å². The van der Waals surface area contributed by atoms with Gasteiger partial charge < -0.3 is 22.1 Å². The molecule has 0 fully saturated rings. The van der Waals surface area contributed by atoms with Crippen LogP contribution < -0.4 is 32.9 Å². The van der Waals surface area contributed by atoms with Crippen molar-refractivity contribution in [1.82, 2.24) is 0 Å². The Bertz CT molecular complexity index is 726. The van der Waals surface area contributed by atoms with Crippen LogP contribution in [0.2, 0.25) is 0 Å². The van der Waals surface area contributed by atoms with Gasteiger partial charge in [0.25, 0.3) is 0 Å². The molecule has 154 valence electrons. The van der Waals surface area contributed by atoms with Crippen LogP contribution in [0.25, 0.3) is 0 Å². The van der Waals surface area contributed by atoms with E-state index in [1.54, 1.807) is 0 Å². The Balaban J connectivity index is 0.00000300. The molecular formula is C26H32BrOP. The minimum absolute atomic E-state index is 0. The van der Waals surface area contributed by atoms with Crippen molar-refractivity contribution in [3.05, 3.63) is 91.0 Å². The Labute approximate surface area is 187 Å². The number of benzene rings is 3. The van der Waals surface area contributed by atoms with Crippen LogP contribution in [0.15, 0.2) is 91.0 Å². The maximum absolute atomic E-state index is 11.4. The topological polar surface area (TPSA) is 20.2 Å². The second-order valence-electron chi connectivity index (χ2n) is 7.44. The van der Waals surface area contributed by atoms with E-state index in [0.717, 1.165) is 25.7 Å². The van der Waals surface area contributed by atoms with E-state index >= 15 is 0 Å². The summed E-state index contributed by atoms with van der Waals surface area (Å²) < 4.78 is 0. The number of aliphatic hydroxyl groups excluding tert-OH is 1. The van der Waals surface area contributed by atoms with Crippen LogP contribution in [0.1, 0.15) is 39.5 Å². The van der Waals surface area contributed by atoms with Gasteiger partial charge in [0.05, 0.1) is 6.10 Å². The number of hydrogen-bond acceptors (Lipinski definition) is 1. The Kier molecular flexibility index (Phi) is 9.56. The molecule has 2 unspecified atom stereocenters. The van der Waals surface area contributed by atoms with E-state index in [-0.39, 0.29) is 28.7 Å². The first-order valence-corrected chi connectivity index (χ1v) is 12.3. The number of hydrogen-bond donors (Lipinski definition) is 1. The van der Waals surface area contributed by atoms with E-state index in [9.17, 15) is 5.11 Å². The van der Waals surface area contributed by atoms with Crippen LogP contribution in [0.4, 0.5) is 0 Å². The molecule has 1 N–H and O–H groups in total. The maximum Gasteiger partial charge on any atom is 0.117 e. The highest BCUT2D eigenvalue weighted by molar-refractivity contribution is 7.96. The van der Waals surface area contributed by atoms with E-state index in [1.165, 1.54) is 15.9 Å². The lowest BCUT2D eigenvalue weighted by atomic mass is 10.1. The molecule has 3 aromatic rings. The number of aliphatic hydroxyl groups is 1. The lowest BCUT2D eigenvalue weighted by molar-refractivity contribution is -0.00000783. The minimum Gasteiger partial charge on any atom is -1.00 e. The molecule has 3 heteroatoms. The highest BCUT2D eigenvalue weighted by atomic mass is 79.9. The molecule has 0 radical (unpaired) electrons. The molecule has 0 saturated carbocycles. The third-order valence-electron chi connectivity index (χ3n) is 5.60. The Morgan fingerprint density at radius 2 is 0.966 bits per heavy atom. The van der Waals surface area contributed by atoms with E-state index in [1.807, 2.05) is 0 Å². The van der Waals surface area contributed by atoms with Gasteiger partial charge in [-0.05, 0) is 49.2 Å². The van der Waals surface area contributed by atoms with Crippen molar-refractivity contribution < 1.29 is 22.1 Å². The fourth-order valence-corrected chi connectivity index (χ4v) is 9.72. The first kappa shape index (κ1) is 23.8. The predicted octanol–water partition coefficient (Wildman–Crippen LogP) is 2.31. The van der Waals surface area contributed by atoms with Crippen molar-refractivity contribution >= 4 is 23.2 Å². The zero-order chi connectivity index (χ0) is 19.8. The maximum atomic E-state index is 11.4. The van der Waals surface area contributed by atoms with Gasteiger partial charge in [0.1, 0.15) is 28.8 Å². The highest BCUT2D eigenvalue weighted by Gasteiger charge is 2.54. The smallest absolute Gasteiger partial charge is 0.117 e. The second-order valence-corrected chi connectivity index (χ2v) is 11.1. The van der Waals surface area contributed by atoms with Crippen LogP contribution in [-0.2, 0) is 0 Å². The highest BCUT2D eigenvalue weighted by Crippen LogP contribution is 2.62. The van der Waals surface area contributed by atoms with Gasteiger partial charge in [-0.3, -0.25) is 0 Å². The zero-order valence-electron chi connectivity index (χ0n) is 17.4. The van der Waals surface area contributed by atoms with Gasteiger partial charge in [-0.1, -0.05) is 81.3 Å². The van der Waals surface area contributed by atoms with Crippen molar-refractivity contribution in [3.8, 4) is 0 Å². The fourth-order valence-electron chi connectivity index (χ4n) is 4.44. The van der Waals surface area contributed by atoms with Gasteiger partial charge in [-0.15, -0.1) is 0 Å². The predicted molar refractivity (Wildman–Crippen MR) is 125 cm³/mol. The molecule has 3 aromatic carbocycles. The molecule has 0 aliphatic rings. The monoisotopic (exact) mass is 470 g/mol. The van der Waals surface area contributed by atoms with Crippen molar-refractivity contribution in [2.75, 3.05) is 0 Å². The average molecular weight is 471 g/mol. The lowest BCUT2D eigenvalue weighted by Crippen LogP contribution is -3.00. The van der Waals surface area contributed by atoms with Gasteiger partial charge in [0.15, 0.2) is 0 Å². The van der Waals surface area contributed by atoms with Crippen LogP contribution in [-0.4, -0.2) is 16.9 Å². The molecule has 1 nitrogen and oxygen atoms in total. The standard InChI is InChI=1S/C26H32OP.BrH/c1-3-14-25(27)26(15-4-2)28(22-16-8-5-9-17-22,23-18-10-6-11-19-23)24-20-12-7-13-21-24;/h5-13,16-21,25-27H,3-4,14-15H2,1-2H3;1H/q+1;/p-1. The Morgan fingerprint density at radius 3 is 1.28 bits per heavy atom. The largest absolute Gasteiger partial charge is 1.00 e. The molecule has 2 atom stereocenters. The first-order chi connectivity index (χ1) is 13.7. The molecule has 0 saturated heterocycles. The molecule has 0 amide bonds. The first-order valence-electron chi connectivity index (χ1n) is 10.5. The molecule has 0 aliphatic heterocycles. The van der Waals surface area contributed by atoms with Crippen LogP contribution in [0, 0.1) is 0 Å². The summed E-state index contributed by atoms with van der Waals surface area (Å²) in [5.74, 6) is 0. The molecule has 0 aliphatic carbocycles. The van der Waals surface area contributed by atoms with Crippen molar-refractivity contribution in [3.63, 3.8) is 0 Å². The third-order valence-corrected chi connectivity index (χ3v) is 10.5. The summed E-state index contributed by atoms with van der Waals surface area (Å²) in [5, 5.41) is 15.5. The summed E-state index contributed by atoms with van der Waals surface area (Å²) in [6, 6.07) is 32.8. The van der Waals surface area contributed by atoms with Crippen molar-refractivity contribution in [2.45, 2.75) is 51.3 Å². The summed E-state index contributed by atoms with van der Waals surface area (Å²) in [4.78, 5) is 0. The summed E-state index contributed by atoms with van der Waals surface area (Å²) in [6.07, 6.45) is 3.63. The normalized spacial score (nSPS) is 13.3. The quantitative estimate of drug-likeness (QED) is 0.475. The van der Waals surface area contributed by atoms with E-state index < -0.39 is 7.26 Å². The van der Waals surface area contributed by atoms with Crippen molar-refractivity contribution in [2.24, 2.45) is 0 Å². The van der Waals surface area contributed by atoms with Gasteiger partial charge >= 0.3 is 0 Å². The van der Waals surface area contributed by atoms with Gasteiger partial charge in [-0.25, -0.2) is 0 Å². The Hall–Kier alpha value is -1.47. The van der Waals surface area contributed by atoms with E-state index in [2.05, 4.69) is 105 Å². The molecule has 0 heterocycles. The SMILES string of the molecule is CCCC(O)C(CCC)[P+](c1ccccc1)(c1ccccc1)c1ccccc1.[Br-]. The number of rotatable bonds is 9. The van der Waals surface area contributed by atoms with Crippen LogP contribution >= 0.6 is 7.26 Å². The molecule has 3 rings (SSSR count). The van der Waals surface area contributed by atoms with Gasteiger partial charge in [-0.2, -0.15) is 0 Å². The number of halogens is 1. The zero-order valence-corrected chi connectivity index (χ0v) is 19.9. The Morgan fingerprint density at radius 1 is 0.621 bits per heavy atom. The van der Waals surface area contributed by atoms with Crippen LogP contribution in [0.5, 0.6) is 0 Å². The average Bonchev–Trinajstić information content (AvgIpc) is 2.76. The lowest BCUT2D eigenvalue weighted by Gasteiger charge is -2.37. The summed E-state index contributed by atoms with van der Waals surface area (Å²) in [5.41, 5.74) is 0.213. The molecule has 0 aromatic heterocycles. The summed E-state index contributed by atoms with van der Waals surface area (Å²) in [6.45, 7) is 4.40. The van der Waals surface area contributed by atoms with Crippen LogP contribution in [0.3, 0.4) is 0 Å². The fraction of sp³-hybridized carbons (Fsp3) is 0.308. The third kappa shape index (κ3) is 5.00. The van der Waals surface area contributed by atoms with Gasteiger partial charge in [0, 0.05) is 0 Å². The molecule has 29 heavy (non-hydrogen) atoms. The minimum atomic E-state index is -2.02. The van der Waals surface area contributed by atoms with E-state index in [0.29, 0.717) is 0 Å². The second kappa shape index (κ2) is 11.6. The van der Waals surface area contributed by atoms with Gasteiger partial charge in [0.2, 0.25) is 0 Å². The molecule has 0 spiro atoms.